The molecule has 1 atom stereocenters. The fourth-order valence-electron chi connectivity index (χ4n) is 2.49. The number of aromatic nitrogens is 1. The topological polar surface area (TPSA) is 52.6 Å². The Hall–Kier alpha value is -2.27. The molecule has 1 aromatic carbocycles. The van der Waals surface area contributed by atoms with Crippen LogP contribution in [0, 0.1) is 0 Å². The third kappa shape index (κ3) is 2.64. The van der Waals surface area contributed by atoms with Gasteiger partial charge in [0, 0.05) is 6.20 Å². The van der Waals surface area contributed by atoms with Crippen LogP contribution in [0.25, 0.3) is 0 Å². The lowest BCUT2D eigenvalue weighted by Gasteiger charge is -2.22. The molecular weight excluding hydrogens is 268 g/mol. The zero-order valence-corrected chi connectivity index (χ0v) is 12.1. The molecule has 1 aliphatic heterocycles. The molecule has 0 radical (unpaired) electrons. The predicted molar refractivity (Wildman–Crippen MR) is 79.1 cm³/mol. The van der Waals surface area contributed by atoms with Gasteiger partial charge in [0.25, 0.3) is 0 Å². The smallest absolute Gasteiger partial charge is 0.161 e. The summed E-state index contributed by atoms with van der Waals surface area (Å²) in [7, 11) is 3.55. The molecule has 0 spiro atoms. The summed E-state index contributed by atoms with van der Waals surface area (Å²) in [5.41, 5.74) is 1.90. The highest BCUT2D eigenvalue weighted by Gasteiger charge is 2.20. The van der Waals surface area contributed by atoms with Gasteiger partial charge in [-0.05, 0) is 36.9 Å². The fourth-order valence-corrected chi connectivity index (χ4v) is 2.49. The zero-order chi connectivity index (χ0) is 14.7. The van der Waals surface area contributed by atoms with Crippen LogP contribution in [-0.4, -0.2) is 32.4 Å². The van der Waals surface area contributed by atoms with E-state index >= 15 is 0 Å². The standard InChI is InChI=1S/C16H18N2O3/c1-17-15(16-13(19-2)4-3-7-18-16)11-5-6-12-14(10-11)21-9-8-20-12/h3-7,10,15,17H,8-9H2,1-2H3. The highest BCUT2D eigenvalue weighted by molar-refractivity contribution is 5.47. The number of benzene rings is 1. The second-order valence-corrected chi connectivity index (χ2v) is 4.72. The van der Waals surface area contributed by atoms with Crippen LogP contribution in [0.4, 0.5) is 0 Å². The number of hydrogen-bond donors (Lipinski definition) is 1. The van der Waals surface area contributed by atoms with Crippen molar-refractivity contribution in [3.05, 3.63) is 47.8 Å². The van der Waals surface area contributed by atoms with Crippen molar-refractivity contribution in [2.75, 3.05) is 27.4 Å². The molecule has 0 fully saturated rings. The van der Waals surface area contributed by atoms with Gasteiger partial charge < -0.3 is 19.5 Å². The van der Waals surface area contributed by atoms with Gasteiger partial charge in [-0.25, -0.2) is 0 Å². The normalized spacial score (nSPS) is 14.6. The maximum absolute atomic E-state index is 5.65. The minimum atomic E-state index is -0.0722. The first-order valence-electron chi connectivity index (χ1n) is 6.89. The Labute approximate surface area is 123 Å². The van der Waals surface area contributed by atoms with Gasteiger partial charge in [0.1, 0.15) is 24.7 Å². The molecule has 1 unspecified atom stereocenters. The molecule has 1 N–H and O–H groups in total. The maximum atomic E-state index is 5.65. The average molecular weight is 286 g/mol. The molecule has 0 saturated heterocycles. The van der Waals surface area contributed by atoms with Gasteiger partial charge in [-0.15, -0.1) is 0 Å². The number of hydrogen-bond acceptors (Lipinski definition) is 5. The Bertz CT molecular complexity index is 631. The Kier molecular flexibility index (Phi) is 3.92. The van der Waals surface area contributed by atoms with Crippen LogP contribution in [0.15, 0.2) is 36.5 Å². The maximum Gasteiger partial charge on any atom is 0.161 e. The van der Waals surface area contributed by atoms with Crippen molar-refractivity contribution in [3.8, 4) is 17.2 Å². The van der Waals surface area contributed by atoms with Crippen LogP contribution >= 0.6 is 0 Å². The minimum absolute atomic E-state index is 0.0722. The summed E-state index contributed by atoms with van der Waals surface area (Å²) >= 11 is 0. The second kappa shape index (κ2) is 6.01. The fraction of sp³-hybridized carbons (Fsp3) is 0.312. The predicted octanol–water partition coefficient (Wildman–Crippen LogP) is 2.17. The molecule has 0 aliphatic carbocycles. The third-order valence-corrected chi connectivity index (χ3v) is 3.48. The van der Waals surface area contributed by atoms with Crippen molar-refractivity contribution in [2.45, 2.75) is 6.04 Å². The third-order valence-electron chi connectivity index (χ3n) is 3.48. The van der Waals surface area contributed by atoms with Crippen LogP contribution in [0.1, 0.15) is 17.3 Å². The first kappa shape index (κ1) is 13.7. The van der Waals surface area contributed by atoms with E-state index < -0.39 is 0 Å². The van der Waals surface area contributed by atoms with Gasteiger partial charge in [0.2, 0.25) is 0 Å². The average Bonchev–Trinajstić information content (AvgIpc) is 2.56. The van der Waals surface area contributed by atoms with Gasteiger partial charge in [0.15, 0.2) is 11.5 Å². The van der Waals surface area contributed by atoms with Crippen LogP contribution in [0.2, 0.25) is 0 Å². The molecule has 2 aromatic rings. The van der Waals surface area contributed by atoms with Gasteiger partial charge in [0.05, 0.1) is 13.2 Å². The summed E-state index contributed by atoms with van der Waals surface area (Å²) in [4.78, 5) is 4.45. The Morgan fingerprint density at radius 1 is 1.19 bits per heavy atom. The lowest BCUT2D eigenvalue weighted by atomic mass is 10.0. The highest BCUT2D eigenvalue weighted by atomic mass is 16.6. The van der Waals surface area contributed by atoms with E-state index in [1.54, 1.807) is 13.3 Å². The number of methoxy groups -OCH3 is 1. The van der Waals surface area contributed by atoms with Crippen LogP contribution in [-0.2, 0) is 0 Å². The van der Waals surface area contributed by atoms with Crippen molar-refractivity contribution in [1.29, 1.82) is 0 Å². The van der Waals surface area contributed by atoms with Crippen LogP contribution in [0.3, 0.4) is 0 Å². The van der Waals surface area contributed by atoms with E-state index in [9.17, 15) is 0 Å². The molecule has 5 nitrogen and oxygen atoms in total. The Morgan fingerprint density at radius 3 is 2.76 bits per heavy atom. The summed E-state index contributed by atoms with van der Waals surface area (Å²) in [5, 5.41) is 3.28. The van der Waals surface area contributed by atoms with E-state index in [1.807, 2.05) is 37.4 Å². The first-order valence-corrected chi connectivity index (χ1v) is 6.89. The number of nitrogens with zero attached hydrogens (tertiary/aromatic N) is 1. The van der Waals surface area contributed by atoms with E-state index in [2.05, 4.69) is 10.3 Å². The van der Waals surface area contributed by atoms with Crippen molar-refractivity contribution in [2.24, 2.45) is 0 Å². The van der Waals surface area contributed by atoms with Crippen molar-refractivity contribution in [3.63, 3.8) is 0 Å². The van der Waals surface area contributed by atoms with Crippen molar-refractivity contribution >= 4 is 0 Å². The first-order chi connectivity index (χ1) is 10.3. The van der Waals surface area contributed by atoms with E-state index in [4.69, 9.17) is 14.2 Å². The quantitative estimate of drug-likeness (QED) is 0.933. The van der Waals surface area contributed by atoms with Crippen LogP contribution in [0.5, 0.6) is 17.2 Å². The van der Waals surface area contributed by atoms with E-state index in [-0.39, 0.29) is 6.04 Å². The lowest BCUT2D eigenvalue weighted by molar-refractivity contribution is 0.171. The number of ether oxygens (including phenoxy) is 3. The molecule has 0 bridgehead atoms. The van der Waals surface area contributed by atoms with Gasteiger partial charge >= 0.3 is 0 Å². The molecule has 110 valence electrons. The van der Waals surface area contributed by atoms with Crippen molar-refractivity contribution < 1.29 is 14.2 Å². The number of nitrogens with one attached hydrogen (secondary N) is 1. The molecule has 0 saturated carbocycles. The number of fused-ring (bicyclic) bond motifs is 1. The summed E-state index contributed by atoms with van der Waals surface area (Å²) in [6.45, 7) is 1.17. The summed E-state index contributed by atoms with van der Waals surface area (Å²) in [5.74, 6) is 2.31. The Balaban J connectivity index is 2.00. The zero-order valence-electron chi connectivity index (χ0n) is 12.1. The van der Waals surface area contributed by atoms with Gasteiger partial charge in [-0.1, -0.05) is 6.07 Å². The molecule has 1 aromatic heterocycles. The number of pyridine rings is 1. The molecule has 3 rings (SSSR count). The SMILES string of the molecule is CNC(c1ccc2c(c1)OCCO2)c1ncccc1OC. The van der Waals surface area contributed by atoms with E-state index in [1.165, 1.54) is 0 Å². The molecule has 0 amide bonds. The van der Waals surface area contributed by atoms with E-state index in [0.29, 0.717) is 13.2 Å². The van der Waals surface area contributed by atoms with Gasteiger partial charge in [-0.2, -0.15) is 0 Å². The molecule has 1 aliphatic rings. The van der Waals surface area contributed by atoms with Crippen LogP contribution < -0.4 is 19.5 Å². The van der Waals surface area contributed by atoms with Gasteiger partial charge in [-0.3, -0.25) is 4.98 Å². The number of rotatable bonds is 4. The Morgan fingerprint density at radius 2 is 2.00 bits per heavy atom. The molecule has 21 heavy (non-hydrogen) atoms. The molecule has 5 heteroatoms. The largest absolute Gasteiger partial charge is 0.495 e. The minimum Gasteiger partial charge on any atom is -0.495 e. The molecule has 2 heterocycles. The summed E-state index contributed by atoms with van der Waals surface area (Å²) in [6.07, 6.45) is 1.76. The molecular formula is C16H18N2O3. The van der Waals surface area contributed by atoms with E-state index in [0.717, 1.165) is 28.5 Å². The highest BCUT2D eigenvalue weighted by Crippen LogP contribution is 2.35. The summed E-state index contributed by atoms with van der Waals surface area (Å²) < 4.78 is 16.6. The monoisotopic (exact) mass is 286 g/mol. The van der Waals surface area contributed by atoms with Crippen molar-refractivity contribution in [1.82, 2.24) is 10.3 Å². The lowest BCUT2D eigenvalue weighted by Crippen LogP contribution is -2.21. The second-order valence-electron chi connectivity index (χ2n) is 4.72. The summed E-state index contributed by atoms with van der Waals surface area (Å²) in [6, 6.07) is 9.64.